The zero-order valence-corrected chi connectivity index (χ0v) is 8.56. The van der Waals surface area contributed by atoms with Crippen molar-refractivity contribution in [1.82, 2.24) is 0 Å². The molecule has 0 saturated heterocycles. The fraction of sp³-hybridized carbons (Fsp3) is 0.500. The van der Waals surface area contributed by atoms with Crippen molar-refractivity contribution in [3.63, 3.8) is 0 Å². The molecule has 1 aromatic carbocycles. The molecule has 2 bridgehead atoms. The van der Waals surface area contributed by atoms with Gasteiger partial charge in [-0.05, 0) is 60.4 Å². The summed E-state index contributed by atoms with van der Waals surface area (Å²) in [5.74, 6) is 0. The van der Waals surface area contributed by atoms with E-state index < -0.39 is 5.66 Å². The fourth-order valence-corrected chi connectivity index (χ4v) is 2.98. The third kappa shape index (κ3) is 0.877. The minimum absolute atomic E-state index is 0.559. The van der Waals surface area contributed by atoms with E-state index in [1.54, 1.807) is 0 Å². The van der Waals surface area contributed by atoms with E-state index in [9.17, 15) is 0 Å². The van der Waals surface area contributed by atoms with Gasteiger partial charge in [-0.1, -0.05) is 6.07 Å². The smallest absolute Gasteiger partial charge is 0.0905 e. The first-order chi connectivity index (χ1) is 6.59. The summed E-state index contributed by atoms with van der Waals surface area (Å²) >= 11 is 0. The molecule has 2 aliphatic rings. The van der Waals surface area contributed by atoms with Crippen molar-refractivity contribution >= 4 is 0 Å². The van der Waals surface area contributed by atoms with Gasteiger partial charge in [0.05, 0.1) is 5.66 Å². The largest absolute Gasteiger partial charge is 0.310 e. The molecule has 2 heteroatoms. The van der Waals surface area contributed by atoms with E-state index in [1.165, 1.54) is 40.7 Å². The second-order valence-electron chi connectivity index (χ2n) is 4.71. The quantitative estimate of drug-likeness (QED) is 0.599. The Labute approximate surface area is 84.3 Å². The maximum atomic E-state index is 6.08. The Morgan fingerprint density at radius 1 is 1.14 bits per heavy atom. The van der Waals surface area contributed by atoms with Crippen LogP contribution in [0.25, 0.3) is 0 Å². The van der Waals surface area contributed by atoms with E-state index in [0.29, 0.717) is 0 Å². The van der Waals surface area contributed by atoms with E-state index in [-0.39, 0.29) is 0 Å². The number of benzene rings is 1. The first kappa shape index (κ1) is 8.45. The van der Waals surface area contributed by atoms with Crippen LogP contribution in [0.3, 0.4) is 0 Å². The van der Waals surface area contributed by atoms with Crippen molar-refractivity contribution in [2.24, 2.45) is 11.5 Å². The van der Waals surface area contributed by atoms with Crippen LogP contribution in [0.15, 0.2) is 6.07 Å². The highest BCUT2D eigenvalue weighted by Gasteiger charge is 2.35. The summed E-state index contributed by atoms with van der Waals surface area (Å²) in [5, 5.41) is 0. The summed E-state index contributed by atoms with van der Waals surface area (Å²) in [6.45, 7) is 2.23. The monoisotopic (exact) mass is 188 g/mol. The van der Waals surface area contributed by atoms with E-state index in [2.05, 4.69) is 13.0 Å². The van der Waals surface area contributed by atoms with Crippen molar-refractivity contribution in [2.45, 2.75) is 38.3 Å². The van der Waals surface area contributed by atoms with Gasteiger partial charge in [0.25, 0.3) is 0 Å². The minimum atomic E-state index is -0.559. The Morgan fingerprint density at radius 2 is 1.93 bits per heavy atom. The Hall–Kier alpha value is -0.860. The predicted octanol–water partition coefficient (Wildman–Crippen LogP) is 1.11. The number of aryl methyl sites for hydroxylation is 1. The Balaban J connectivity index is 2.31. The lowest BCUT2D eigenvalue weighted by Crippen LogP contribution is -2.43. The van der Waals surface area contributed by atoms with Gasteiger partial charge < -0.3 is 11.5 Å². The third-order valence-electron chi connectivity index (χ3n) is 3.88. The summed E-state index contributed by atoms with van der Waals surface area (Å²) in [7, 11) is 0. The topological polar surface area (TPSA) is 52.0 Å². The molecule has 14 heavy (non-hydrogen) atoms. The SMILES string of the molecule is Cc1c2cc3c(c1CC2)CCC3(N)N. The van der Waals surface area contributed by atoms with Gasteiger partial charge in [0.2, 0.25) is 0 Å². The lowest BCUT2D eigenvalue weighted by molar-refractivity contribution is 0.462. The van der Waals surface area contributed by atoms with Crippen LogP contribution in [-0.4, -0.2) is 0 Å². The standard InChI is InChI=1S/C12H16N2/c1-7-8-2-3-9(7)10-4-5-12(13,14)11(10)6-8/h6H,2-5,13-14H2,1H3. The van der Waals surface area contributed by atoms with Crippen LogP contribution < -0.4 is 11.5 Å². The van der Waals surface area contributed by atoms with Gasteiger partial charge in [-0.3, -0.25) is 0 Å². The second kappa shape index (κ2) is 2.38. The molecule has 2 aliphatic carbocycles. The van der Waals surface area contributed by atoms with Gasteiger partial charge in [0.1, 0.15) is 0 Å². The molecule has 0 unspecified atom stereocenters. The number of rotatable bonds is 0. The van der Waals surface area contributed by atoms with Gasteiger partial charge in [-0.25, -0.2) is 0 Å². The van der Waals surface area contributed by atoms with Crippen molar-refractivity contribution in [3.05, 3.63) is 33.9 Å². The first-order valence-electron chi connectivity index (χ1n) is 5.32. The van der Waals surface area contributed by atoms with Gasteiger partial charge >= 0.3 is 0 Å². The molecule has 74 valence electrons. The zero-order valence-electron chi connectivity index (χ0n) is 8.56. The average Bonchev–Trinajstić information content (AvgIpc) is 2.56. The molecule has 0 atom stereocenters. The maximum absolute atomic E-state index is 6.08. The van der Waals surface area contributed by atoms with Crippen molar-refractivity contribution < 1.29 is 0 Å². The molecule has 0 amide bonds. The van der Waals surface area contributed by atoms with Crippen LogP contribution in [0.1, 0.15) is 34.2 Å². The molecular formula is C12H16N2. The molecular weight excluding hydrogens is 172 g/mol. The summed E-state index contributed by atoms with van der Waals surface area (Å²) in [6.07, 6.45) is 4.35. The van der Waals surface area contributed by atoms with E-state index in [0.717, 1.165) is 12.8 Å². The highest BCUT2D eigenvalue weighted by Crippen LogP contribution is 2.39. The molecule has 0 heterocycles. The summed E-state index contributed by atoms with van der Waals surface area (Å²) in [5.41, 5.74) is 18.8. The molecule has 1 aromatic rings. The van der Waals surface area contributed by atoms with E-state index in [4.69, 9.17) is 11.5 Å². The van der Waals surface area contributed by atoms with Crippen LogP contribution in [0, 0.1) is 6.92 Å². The first-order valence-corrected chi connectivity index (χ1v) is 5.32. The highest BCUT2D eigenvalue weighted by atomic mass is 15.0. The summed E-state index contributed by atoms with van der Waals surface area (Å²) < 4.78 is 0. The number of hydrogen-bond acceptors (Lipinski definition) is 2. The highest BCUT2D eigenvalue weighted by molar-refractivity contribution is 5.54. The van der Waals surface area contributed by atoms with Crippen LogP contribution in [-0.2, 0) is 24.9 Å². The number of fused-ring (bicyclic) bond motifs is 4. The number of hydrogen-bond donors (Lipinski definition) is 2. The molecule has 0 spiro atoms. The normalized spacial score (nSPS) is 21.4. The maximum Gasteiger partial charge on any atom is 0.0905 e. The molecule has 0 fully saturated rings. The molecule has 0 aliphatic heterocycles. The Bertz CT molecular complexity index is 419. The van der Waals surface area contributed by atoms with Crippen LogP contribution >= 0.6 is 0 Å². The minimum Gasteiger partial charge on any atom is -0.310 e. The fourth-order valence-electron chi connectivity index (χ4n) is 2.98. The van der Waals surface area contributed by atoms with Gasteiger partial charge in [0, 0.05) is 0 Å². The van der Waals surface area contributed by atoms with Crippen LogP contribution in [0.2, 0.25) is 0 Å². The third-order valence-corrected chi connectivity index (χ3v) is 3.88. The molecule has 0 saturated carbocycles. The number of nitrogens with two attached hydrogens (primary N) is 2. The van der Waals surface area contributed by atoms with Gasteiger partial charge in [-0.15, -0.1) is 0 Å². The lowest BCUT2D eigenvalue weighted by Gasteiger charge is -2.19. The lowest BCUT2D eigenvalue weighted by atomic mass is 9.97. The van der Waals surface area contributed by atoms with E-state index >= 15 is 0 Å². The van der Waals surface area contributed by atoms with Crippen molar-refractivity contribution in [3.8, 4) is 0 Å². The van der Waals surface area contributed by atoms with Gasteiger partial charge in [0.15, 0.2) is 0 Å². The average molecular weight is 188 g/mol. The zero-order chi connectivity index (χ0) is 9.92. The summed E-state index contributed by atoms with van der Waals surface area (Å²) in [4.78, 5) is 0. The molecule has 2 nitrogen and oxygen atoms in total. The predicted molar refractivity (Wildman–Crippen MR) is 57.0 cm³/mol. The van der Waals surface area contributed by atoms with E-state index in [1.807, 2.05) is 0 Å². The van der Waals surface area contributed by atoms with Crippen molar-refractivity contribution in [1.29, 1.82) is 0 Å². The van der Waals surface area contributed by atoms with Gasteiger partial charge in [-0.2, -0.15) is 0 Å². The molecule has 4 N–H and O–H groups in total. The van der Waals surface area contributed by atoms with Crippen LogP contribution in [0.5, 0.6) is 0 Å². The summed E-state index contributed by atoms with van der Waals surface area (Å²) in [6, 6.07) is 2.24. The van der Waals surface area contributed by atoms with Crippen LogP contribution in [0.4, 0.5) is 0 Å². The second-order valence-corrected chi connectivity index (χ2v) is 4.71. The molecule has 0 aromatic heterocycles. The van der Waals surface area contributed by atoms with Crippen molar-refractivity contribution in [2.75, 3.05) is 0 Å². The Morgan fingerprint density at radius 3 is 2.71 bits per heavy atom. The Kier molecular flexibility index (Phi) is 1.44. The molecule has 3 rings (SSSR count). The molecule has 0 radical (unpaired) electrons.